The highest BCUT2D eigenvalue weighted by Gasteiger charge is 2.34. The van der Waals surface area contributed by atoms with Crippen molar-refractivity contribution in [1.82, 2.24) is 0 Å². The zero-order valence-electron chi connectivity index (χ0n) is 9.96. The molecule has 2 rings (SSSR count). The molecule has 0 saturated heterocycles. The van der Waals surface area contributed by atoms with E-state index in [1.165, 1.54) is 30.3 Å². The molecule has 1 N–H and O–H groups in total. The molecule has 20 heavy (non-hydrogen) atoms. The second-order valence-corrected chi connectivity index (χ2v) is 5.54. The molecule has 0 amide bonds. The first-order chi connectivity index (χ1) is 9.29. The molecule has 0 bridgehead atoms. The number of hydrogen-bond acceptors (Lipinski definition) is 1. The second-order valence-electron chi connectivity index (χ2n) is 4.19. The maximum Gasteiger partial charge on any atom is 0.416 e. The van der Waals surface area contributed by atoms with E-state index in [1.54, 1.807) is 6.07 Å². The van der Waals surface area contributed by atoms with Crippen LogP contribution < -0.4 is 0 Å². The van der Waals surface area contributed by atoms with Gasteiger partial charge in [0.15, 0.2) is 0 Å². The van der Waals surface area contributed by atoms with E-state index in [2.05, 4.69) is 15.9 Å². The van der Waals surface area contributed by atoms with Crippen LogP contribution in [-0.2, 0) is 6.18 Å². The fraction of sp³-hybridized carbons (Fsp3) is 0.143. The van der Waals surface area contributed by atoms with Gasteiger partial charge in [-0.2, -0.15) is 13.2 Å². The average molecular weight is 366 g/mol. The van der Waals surface area contributed by atoms with Crippen molar-refractivity contribution < 1.29 is 18.3 Å². The number of halogens is 5. The summed E-state index contributed by atoms with van der Waals surface area (Å²) in [6.45, 7) is 0. The van der Waals surface area contributed by atoms with E-state index in [0.717, 1.165) is 6.07 Å². The van der Waals surface area contributed by atoms with Gasteiger partial charge in [-0.3, -0.25) is 0 Å². The largest absolute Gasteiger partial charge is 0.416 e. The van der Waals surface area contributed by atoms with Crippen LogP contribution in [0.4, 0.5) is 13.2 Å². The van der Waals surface area contributed by atoms with Crippen molar-refractivity contribution >= 4 is 27.5 Å². The highest BCUT2D eigenvalue weighted by Crippen LogP contribution is 2.37. The molecular weight excluding hydrogens is 357 g/mol. The van der Waals surface area contributed by atoms with Crippen molar-refractivity contribution in [2.24, 2.45) is 0 Å². The summed E-state index contributed by atoms with van der Waals surface area (Å²) in [5.74, 6) is 0. The highest BCUT2D eigenvalue weighted by molar-refractivity contribution is 9.10. The lowest BCUT2D eigenvalue weighted by Crippen LogP contribution is -2.12. The van der Waals surface area contributed by atoms with Crippen molar-refractivity contribution in [2.75, 3.05) is 0 Å². The normalized spacial score (nSPS) is 13.3. The van der Waals surface area contributed by atoms with Gasteiger partial charge in [0.05, 0.1) is 5.56 Å². The van der Waals surface area contributed by atoms with Crippen LogP contribution in [0.3, 0.4) is 0 Å². The summed E-state index contributed by atoms with van der Waals surface area (Å²) in [7, 11) is 0. The molecule has 1 nitrogen and oxygen atoms in total. The van der Waals surface area contributed by atoms with Crippen LogP contribution in [-0.4, -0.2) is 5.11 Å². The highest BCUT2D eigenvalue weighted by atomic mass is 79.9. The van der Waals surface area contributed by atoms with Crippen molar-refractivity contribution in [3.05, 3.63) is 68.7 Å². The minimum Gasteiger partial charge on any atom is -0.384 e. The summed E-state index contributed by atoms with van der Waals surface area (Å²) >= 11 is 9.04. The average Bonchev–Trinajstić information content (AvgIpc) is 2.35. The van der Waals surface area contributed by atoms with Gasteiger partial charge in [0, 0.05) is 9.50 Å². The third-order valence-electron chi connectivity index (χ3n) is 2.76. The minimum absolute atomic E-state index is 0.200. The predicted molar refractivity (Wildman–Crippen MR) is 74.7 cm³/mol. The van der Waals surface area contributed by atoms with Crippen LogP contribution in [0.2, 0.25) is 5.02 Å². The first-order valence-electron chi connectivity index (χ1n) is 5.59. The summed E-state index contributed by atoms with van der Waals surface area (Å²) in [5, 5.41) is 10.5. The Hall–Kier alpha value is -1.04. The van der Waals surface area contributed by atoms with Crippen molar-refractivity contribution in [2.45, 2.75) is 12.3 Å². The Morgan fingerprint density at radius 3 is 2.35 bits per heavy atom. The maximum absolute atomic E-state index is 12.9. The van der Waals surface area contributed by atoms with E-state index in [1.807, 2.05) is 0 Å². The van der Waals surface area contributed by atoms with E-state index in [4.69, 9.17) is 11.6 Å². The van der Waals surface area contributed by atoms with E-state index >= 15 is 0 Å². The zero-order valence-corrected chi connectivity index (χ0v) is 12.3. The Morgan fingerprint density at radius 1 is 1.10 bits per heavy atom. The third kappa shape index (κ3) is 3.34. The zero-order chi connectivity index (χ0) is 14.9. The molecule has 0 aliphatic rings. The number of benzene rings is 2. The fourth-order valence-corrected chi connectivity index (χ4v) is 2.79. The summed E-state index contributed by atoms with van der Waals surface area (Å²) < 4.78 is 39.4. The Morgan fingerprint density at radius 2 is 1.75 bits per heavy atom. The number of rotatable bonds is 2. The molecule has 0 aromatic heterocycles. The Kier molecular flexibility index (Phi) is 4.42. The molecular formula is C14H9BrClF3O. The Balaban J connectivity index is 2.51. The summed E-state index contributed by atoms with van der Waals surface area (Å²) in [5.41, 5.74) is -0.765. The number of hydrogen-bond donors (Lipinski definition) is 1. The van der Waals surface area contributed by atoms with Gasteiger partial charge >= 0.3 is 6.18 Å². The van der Waals surface area contributed by atoms with E-state index < -0.39 is 17.8 Å². The molecule has 0 aliphatic carbocycles. The van der Waals surface area contributed by atoms with Crippen LogP contribution in [0.25, 0.3) is 0 Å². The van der Waals surface area contributed by atoms with E-state index in [9.17, 15) is 18.3 Å². The van der Waals surface area contributed by atoms with E-state index in [0.29, 0.717) is 15.1 Å². The molecule has 1 unspecified atom stereocenters. The smallest absolute Gasteiger partial charge is 0.384 e. The standard InChI is InChI=1S/C14H9BrClF3O/c15-9-5-8(6-10(16)7-9)13(20)11-3-1-2-4-12(11)14(17,18)19/h1-7,13,20H. The number of alkyl halides is 3. The van der Waals surface area contributed by atoms with Crippen LogP contribution >= 0.6 is 27.5 Å². The molecule has 0 radical (unpaired) electrons. The Labute approximate surface area is 127 Å². The maximum atomic E-state index is 12.9. The lowest BCUT2D eigenvalue weighted by atomic mass is 9.96. The molecule has 2 aromatic carbocycles. The monoisotopic (exact) mass is 364 g/mol. The molecule has 0 fully saturated rings. The number of aliphatic hydroxyl groups is 1. The molecule has 0 aliphatic heterocycles. The first kappa shape index (κ1) is 15.4. The quantitative estimate of drug-likeness (QED) is 0.775. The molecule has 106 valence electrons. The molecule has 0 saturated carbocycles. The van der Waals surface area contributed by atoms with Crippen LogP contribution in [0.15, 0.2) is 46.9 Å². The van der Waals surface area contributed by atoms with Gasteiger partial charge in [-0.1, -0.05) is 45.7 Å². The van der Waals surface area contributed by atoms with Crippen LogP contribution in [0.5, 0.6) is 0 Å². The van der Waals surface area contributed by atoms with Gasteiger partial charge in [-0.05, 0) is 35.4 Å². The summed E-state index contributed by atoms with van der Waals surface area (Å²) in [6.07, 6.45) is -5.92. The van der Waals surface area contributed by atoms with Gasteiger partial charge < -0.3 is 5.11 Å². The predicted octanol–water partition coefficient (Wildman–Crippen LogP) is 5.20. The molecule has 6 heteroatoms. The molecule has 0 spiro atoms. The third-order valence-corrected chi connectivity index (χ3v) is 3.44. The van der Waals surface area contributed by atoms with Crippen molar-refractivity contribution in [1.29, 1.82) is 0 Å². The van der Waals surface area contributed by atoms with Crippen LogP contribution in [0, 0.1) is 0 Å². The van der Waals surface area contributed by atoms with Crippen molar-refractivity contribution in [3.8, 4) is 0 Å². The van der Waals surface area contributed by atoms with Gasteiger partial charge in [0.1, 0.15) is 6.10 Å². The molecule has 0 heterocycles. The minimum atomic E-state index is -4.52. The second kappa shape index (κ2) is 5.76. The SMILES string of the molecule is OC(c1cc(Cl)cc(Br)c1)c1ccccc1C(F)(F)F. The lowest BCUT2D eigenvalue weighted by Gasteiger charge is -2.18. The van der Waals surface area contributed by atoms with Crippen molar-refractivity contribution in [3.63, 3.8) is 0 Å². The molecule has 1 atom stereocenters. The topological polar surface area (TPSA) is 20.2 Å². The Bertz CT molecular complexity index is 608. The van der Waals surface area contributed by atoms with Gasteiger partial charge in [0.25, 0.3) is 0 Å². The van der Waals surface area contributed by atoms with Gasteiger partial charge in [-0.25, -0.2) is 0 Å². The van der Waals surface area contributed by atoms with Gasteiger partial charge in [0.2, 0.25) is 0 Å². The summed E-state index contributed by atoms with van der Waals surface area (Å²) in [4.78, 5) is 0. The lowest BCUT2D eigenvalue weighted by molar-refractivity contribution is -0.139. The van der Waals surface area contributed by atoms with E-state index in [-0.39, 0.29) is 5.56 Å². The molecule has 2 aromatic rings. The van der Waals surface area contributed by atoms with Crippen LogP contribution in [0.1, 0.15) is 22.8 Å². The fourth-order valence-electron chi connectivity index (χ4n) is 1.91. The summed E-state index contributed by atoms with van der Waals surface area (Å²) in [6, 6.07) is 9.49. The number of aliphatic hydroxyl groups excluding tert-OH is 1. The van der Waals surface area contributed by atoms with Gasteiger partial charge in [-0.15, -0.1) is 0 Å². The first-order valence-corrected chi connectivity index (χ1v) is 6.76.